The monoisotopic (exact) mass is 358 g/mol. The summed E-state index contributed by atoms with van der Waals surface area (Å²) >= 11 is 1.61. The fourth-order valence-corrected chi connectivity index (χ4v) is 2.95. The van der Waals surface area contributed by atoms with Crippen LogP contribution in [0.5, 0.6) is 0 Å². The summed E-state index contributed by atoms with van der Waals surface area (Å²) in [6.07, 6.45) is 2.46. The van der Waals surface area contributed by atoms with Crippen LogP contribution in [-0.4, -0.2) is 37.0 Å². The predicted molar refractivity (Wildman–Crippen MR) is 103 cm³/mol. The lowest BCUT2D eigenvalue weighted by atomic mass is 9.98. The lowest BCUT2D eigenvalue weighted by Crippen LogP contribution is -2.42. The number of hydrogen-bond acceptors (Lipinski definition) is 5. The number of ether oxygens (including phenoxy) is 1. The van der Waals surface area contributed by atoms with Crippen molar-refractivity contribution in [3.8, 4) is 11.1 Å². The van der Waals surface area contributed by atoms with Crippen molar-refractivity contribution < 1.29 is 14.3 Å². The first-order valence-corrected chi connectivity index (χ1v) is 9.28. The molecule has 0 aliphatic rings. The zero-order chi connectivity index (χ0) is 18.2. The number of rotatable bonds is 7. The molecule has 3 N–H and O–H groups in total. The Morgan fingerprint density at radius 3 is 2.56 bits per heavy atom. The summed E-state index contributed by atoms with van der Waals surface area (Å²) in [6, 6.07) is 14.0. The number of nitrogen functional groups attached to an aromatic ring is 1. The molecule has 2 rings (SSSR count). The second-order valence-corrected chi connectivity index (χ2v) is 6.49. The molecule has 0 bridgehead atoms. The zero-order valence-corrected chi connectivity index (χ0v) is 15.1. The first-order chi connectivity index (χ1) is 12.1. The van der Waals surface area contributed by atoms with Crippen molar-refractivity contribution in [2.75, 3.05) is 24.9 Å². The van der Waals surface area contributed by atoms with Gasteiger partial charge >= 0.3 is 5.97 Å². The maximum absolute atomic E-state index is 12.8. The SMILES string of the molecule is COC(=O)C(CCSC)NC(=O)c1ccc(N)cc1-c1ccccc1. The second-order valence-electron chi connectivity index (χ2n) is 5.50. The molecule has 25 heavy (non-hydrogen) atoms. The third-order valence-electron chi connectivity index (χ3n) is 3.77. The van der Waals surface area contributed by atoms with Crippen LogP contribution >= 0.6 is 11.8 Å². The minimum Gasteiger partial charge on any atom is -0.467 e. The highest BCUT2D eigenvalue weighted by atomic mass is 32.2. The van der Waals surface area contributed by atoms with Gasteiger partial charge in [0.05, 0.1) is 7.11 Å². The van der Waals surface area contributed by atoms with Crippen LogP contribution in [0.1, 0.15) is 16.8 Å². The molecular weight excluding hydrogens is 336 g/mol. The molecule has 0 saturated heterocycles. The Morgan fingerprint density at radius 1 is 1.20 bits per heavy atom. The van der Waals surface area contributed by atoms with Crippen LogP contribution in [-0.2, 0) is 9.53 Å². The van der Waals surface area contributed by atoms with E-state index in [4.69, 9.17) is 10.5 Å². The van der Waals surface area contributed by atoms with E-state index in [1.54, 1.807) is 30.0 Å². The number of nitrogens with one attached hydrogen (secondary N) is 1. The molecule has 0 aromatic heterocycles. The van der Waals surface area contributed by atoms with Crippen LogP contribution in [0, 0.1) is 0 Å². The first kappa shape index (κ1) is 18.9. The molecule has 6 heteroatoms. The highest BCUT2D eigenvalue weighted by molar-refractivity contribution is 7.98. The highest BCUT2D eigenvalue weighted by Gasteiger charge is 2.23. The van der Waals surface area contributed by atoms with Gasteiger partial charge in [0.1, 0.15) is 6.04 Å². The number of amides is 1. The Hall–Kier alpha value is -2.47. The average molecular weight is 358 g/mol. The lowest BCUT2D eigenvalue weighted by molar-refractivity contribution is -0.142. The summed E-state index contributed by atoms with van der Waals surface area (Å²) in [6.45, 7) is 0. The molecule has 0 aliphatic heterocycles. The average Bonchev–Trinajstić information content (AvgIpc) is 2.64. The van der Waals surface area contributed by atoms with Gasteiger partial charge in [0.2, 0.25) is 0 Å². The van der Waals surface area contributed by atoms with Crippen LogP contribution in [0.2, 0.25) is 0 Å². The number of thioether (sulfide) groups is 1. The first-order valence-electron chi connectivity index (χ1n) is 7.89. The van der Waals surface area contributed by atoms with Crippen LogP contribution in [0.4, 0.5) is 5.69 Å². The van der Waals surface area contributed by atoms with Crippen LogP contribution < -0.4 is 11.1 Å². The van der Waals surface area contributed by atoms with Gasteiger partial charge in [0, 0.05) is 11.3 Å². The molecule has 1 unspecified atom stereocenters. The van der Waals surface area contributed by atoms with Crippen molar-refractivity contribution in [2.24, 2.45) is 0 Å². The maximum atomic E-state index is 12.8. The van der Waals surface area contributed by atoms with Crippen molar-refractivity contribution in [3.05, 3.63) is 54.1 Å². The molecule has 0 aliphatic carbocycles. The summed E-state index contributed by atoms with van der Waals surface area (Å²) in [4.78, 5) is 24.7. The van der Waals surface area contributed by atoms with Gasteiger partial charge < -0.3 is 15.8 Å². The summed E-state index contributed by atoms with van der Waals surface area (Å²) in [7, 11) is 1.32. The van der Waals surface area contributed by atoms with E-state index in [0.29, 0.717) is 17.7 Å². The van der Waals surface area contributed by atoms with Gasteiger partial charge in [-0.1, -0.05) is 30.3 Å². The number of carbonyl (C=O) groups is 2. The zero-order valence-electron chi connectivity index (χ0n) is 14.3. The molecular formula is C19H22N2O3S. The largest absolute Gasteiger partial charge is 0.467 e. The Morgan fingerprint density at radius 2 is 1.92 bits per heavy atom. The van der Waals surface area contributed by atoms with E-state index in [2.05, 4.69) is 5.32 Å². The Labute approximate surface area is 151 Å². The number of hydrogen-bond donors (Lipinski definition) is 2. The van der Waals surface area contributed by atoms with Gasteiger partial charge in [-0.15, -0.1) is 0 Å². The van der Waals surface area contributed by atoms with Gasteiger partial charge in [0.25, 0.3) is 5.91 Å². The third-order valence-corrected chi connectivity index (χ3v) is 4.42. The molecule has 0 radical (unpaired) electrons. The minimum absolute atomic E-state index is 0.324. The quantitative estimate of drug-likeness (QED) is 0.587. The van der Waals surface area contributed by atoms with E-state index in [0.717, 1.165) is 16.9 Å². The van der Waals surface area contributed by atoms with E-state index in [1.807, 2.05) is 36.6 Å². The molecule has 1 amide bonds. The van der Waals surface area contributed by atoms with E-state index >= 15 is 0 Å². The molecule has 0 spiro atoms. The van der Waals surface area contributed by atoms with Gasteiger partial charge in [-0.2, -0.15) is 11.8 Å². The normalized spacial score (nSPS) is 11.6. The maximum Gasteiger partial charge on any atom is 0.328 e. The number of nitrogens with two attached hydrogens (primary N) is 1. The molecule has 2 aromatic rings. The van der Waals surface area contributed by atoms with Crippen molar-refractivity contribution in [3.63, 3.8) is 0 Å². The lowest BCUT2D eigenvalue weighted by Gasteiger charge is -2.17. The fourth-order valence-electron chi connectivity index (χ4n) is 2.48. The third kappa shape index (κ3) is 5.00. The van der Waals surface area contributed by atoms with Crippen molar-refractivity contribution in [2.45, 2.75) is 12.5 Å². The van der Waals surface area contributed by atoms with Gasteiger partial charge in [-0.25, -0.2) is 4.79 Å². The van der Waals surface area contributed by atoms with Crippen molar-refractivity contribution in [1.29, 1.82) is 0 Å². The minimum atomic E-state index is -0.675. The van der Waals surface area contributed by atoms with E-state index in [-0.39, 0.29) is 5.91 Å². The fraction of sp³-hybridized carbons (Fsp3) is 0.263. The predicted octanol–water partition coefficient (Wildman–Crippen LogP) is 2.96. The van der Waals surface area contributed by atoms with E-state index in [1.165, 1.54) is 7.11 Å². The molecule has 2 aromatic carbocycles. The molecule has 0 saturated carbocycles. The molecule has 132 valence electrons. The summed E-state index contributed by atoms with van der Waals surface area (Å²) in [5.41, 5.74) is 8.55. The standard InChI is InChI=1S/C19H22N2O3S/c1-24-19(23)17(10-11-25-2)21-18(22)15-9-8-14(20)12-16(15)13-6-4-3-5-7-13/h3-9,12,17H,10-11,20H2,1-2H3,(H,21,22). The molecule has 5 nitrogen and oxygen atoms in total. The molecule has 0 heterocycles. The van der Waals surface area contributed by atoms with Gasteiger partial charge in [-0.05, 0) is 47.8 Å². The second kappa shape index (κ2) is 9.13. The molecule has 1 atom stereocenters. The van der Waals surface area contributed by atoms with Crippen molar-refractivity contribution in [1.82, 2.24) is 5.32 Å². The van der Waals surface area contributed by atoms with E-state index < -0.39 is 12.0 Å². The van der Waals surface area contributed by atoms with Crippen LogP contribution in [0.3, 0.4) is 0 Å². The van der Waals surface area contributed by atoms with Gasteiger partial charge in [0.15, 0.2) is 0 Å². The summed E-state index contributed by atoms with van der Waals surface area (Å²) < 4.78 is 4.80. The summed E-state index contributed by atoms with van der Waals surface area (Å²) in [5.74, 6) is -0.0256. The summed E-state index contributed by atoms with van der Waals surface area (Å²) in [5, 5.41) is 2.78. The van der Waals surface area contributed by atoms with Gasteiger partial charge in [-0.3, -0.25) is 4.79 Å². The number of carbonyl (C=O) groups excluding carboxylic acids is 2. The Balaban J connectivity index is 2.30. The number of anilines is 1. The Bertz CT molecular complexity index is 735. The number of esters is 1. The molecule has 0 fully saturated rings. The van der Waals surface area contributed by atoms with E-state index in [9.17, 15) is 9.59 Å². The smallest absolute Gasteiger partial charge is 0.328 e. The highest BCUT2D eigenvalue weighted by Crippen LogP contribution is 2.26. The number of benzene rings is 2. The van der Waals surface area contributed by atoms with Crippen LogP contribution in [0.15, 0.2) is 48.5 Å². The Kier molecular flexibility index (Phi) is 6.89. The topological polar surface area (TPSA) is 81.4 Å². The van der Waals surface area contributed by atoms with Crippen LogP contribution in [0.25, 0.3) is 11.1 Å². The van der Waals surface area contributed by atoms with Crippen molar-refractivity contribution >= 4 is 29.3 Å². The number of methoxy groups -OCH3 is 1.